The highest BCUT2D eigenvalue weighted by Gasteiger charge is 2.27. The van der Waals surface area contributed by atoms with Gasteiger partial charge in [0.25, 0.3) is 17.7 Å². The molecular weight excluding hydrogens is 1550 g/mol. The molecule has 121 heavy (non-hydrogen) atoms. The molecule has 0 bridgehead atoms. The Kier molecular flexibility index (Phi) is 22.7. The average molecular weight is 1620 g/mol. The molecule has 32 heteroatoms. The summed E-state index contributed by atoms with van der Waals surface area (Å²) >= 11 is 5.87. The van der Waals surface area contributed by atoms with Crippen LogP contribution < -0.4 is 19.4 Å². The van der Waals surface area contributed by atoms with Crippen molar-refractivity contribution in [3.05, 3.63) is 253 Å². The first kappa shape index (κ1) is 78.5. The zero-order valence-corrected chi connectivity index (χ0v) is 66.4. The van der Waals surface area contributed by atoms with Crippen molar-refractivity contribution in [2.24, 2.45) is 21.1 Å². The molecule has 15 aromatic rings. The highest BCUT2D eigenvalue weighted by Crippen LogP contribution is 2.37. The standard InChI is InChI=1S/C30H22ClFN8O.C30H25N9O2.C29H23N9O/c1-37-18-24(17-35-37)22-12-27(30-23(14-33)16-36-40(30)19-22)21-3-4-28(34-15-21)38-6-8-39(9-7-38)29(41)5-2-20-10-25(31)13-26(32)11-20;1-36-19-25(18-34-36)23-14-26(30-24(15-31)17-35-39(30)20-23)22-4-5-27(33-16-22)37-9-11-38(12-10-37)29(40)6-3-21-7-8-32-28(13-21)41-2;1-35-19-24(18-33-35)22-14-26(29-23(15-30)17-34-38(29)20-22)21-5-7-27(32-16-21)36-10-12-37(13-11-36)28(39)8-6-25-4-2-3-9-31-25/h3-4,10-13,15-19H,6-9H2,1H3;4-5,7-8,13-14,16-20H,9-12H2,1-2H3;2-5,7,9,14,16-20H,10-13H2,1H3. The van der Waals surface area contributed by atoms with Crippen LogP contribution in [0.2, 0.25) is 5.02 Å². The molecule has 0 atom stereocenters. The van der Waals surface area contributed by atoms with Gasteiger partial charge in [-0.1, -0.05) is 29.5 Å². The minimum Gasteiger partial charge on any atom is -0.481 e. The number of anilines is 3. The number of carbonyl (C=O) groups excluding carboxylic acids is 3. The Hall–Kier alpha value is -16.4. The summed E-state index contributed by atoms with van der Waals surface area (Å²) in [6, 6.07) is 37.5. The lowest BCUT2D eigenvalue weighted by Crippen LogP contribution is -2.48. The van der Waals surface area contributed by atoms with Crippen molar-refractivity contribution in [2.75, 3.05) is 100 Å². The molecule has 17 heterocycles. The van der Waals surface area contributed by atoms with Crippen LogP contribution in [0.4, 0.5) is 21.8 Å². The van der Waals surface area contributed by atoms with E-state index in [1.54, 1.807) is 116 Å². The number of rotatable bonds is 10. The van der Waals surface area contributed by atoms with E-state index >= 15 is 0 Å². The van der Waals surface area contributed by atoms with Crippen LogP contribution in [0.3, 0.4) is 0 Å². The molecule has 3 amide bonds. The number of piperazine rings is 3. The molecule has 3 aliphatic heterocycles. The Morgan fingerprint density at radius 2 is 0.785 bits per heavy atom. The number of aromatic nitrogens is 17. The van der Waals surface area contributed by atoms with Gasteiger partial charge in [-0.05, 0) is 96.9 Å². The molecule has 594 valence electrons. The number of carbonyl (C=O) groups is 3. The largest absolute Gasteiger partial charge is 0.481 e. The topological polar surface area (TPSA) is 321 Å². The molecule has 14 aromatic heterocycles. The van der Waals surface area contributed by atoms with Crippen molar-refractivity contribution >= 4 is 63.3 Å². The fourth-order valence-corrected chi connectivity index (χ4v) is 14.6. The third kappa shape index (κ3) is 17.6. The van der Waals surface area contributed by atoms with Gasteiger partial charge in [-0.3, -0.25) is 28.4 Å². The smallest absolute Gasteiger partial charge is 0.299 e. The van der Waals surface area contributed by atoms with Gasteiger partial charge in [0.05, 0.1) is 77.5 Å². The Morgan fingerprint density at radius 3 is 1.12 bits per heavy atom. The molecule has 0 radical (unpaired) electrons. The molecule has 3 aliphatic rings. The minimum absolute atomic E-state index is 0.199. The summed E-state index contributed by atoms with van der Waals surface area (Å²) in [5, 5.41) is 55.3. The normalized spacial score (nSPS) is 13.1. The van der Waals surface area contributed by atoms with Crippen LogP contribution in [0.25, 0.3) is 83.3 Å². The number of hydrogen-bond acceptors (Lipinski definition) is 21. The molecule has 0 spiro atoms. The minimum atomic E-state index is -0.498. The first-order valence-corrected chi connectivity index (χ1v) is 38.5. The highest BCUT2D eigenvalue weighted by atomic mass is 35.5. The van der Waals surface area contributed by atoms with Crippen molar-refractivity contribution < 1.29 is 23.5 Å². The lowest BCUT2D eigenvalue weighted by atomic mass is 10.0. The van der Waals surface area contributed by atoms with Crippen LogP contribution in [-0.2, 0) is 35.5 Å². The first-order chi connectivity index (χ1) is 59.0. The monoisotopic (exact) mass is 1620 g/mol. The van der Waals surface area contributed by atoms with E-state index in [0.29, 0.717) is 123 Å². The number of aryl methyl sites for hydroxylation is 3. The van der Waals surface area contributed by atoms with E-state index in [2.05, 4.69) is 109 Å². The molecular formula is C89H70ClFN26O4. The van der Waals surface area contributed by atoms with E-state index < -0.39 is 5.82 Å². The maximum atomic E-state index is 13.5. The highest BCUT2D eigenvalue weighted by molar-refractivity contribution is 6.30. The fraction of sp³-hybridized carbons (Fsp3) is 0.180. The number of pyridine rings is 8. The van der Waals surface area contributed by atoms with Gasteiger partial charge in [-0.2, -0.15) is 46.4 Å². The maximum Gasteiger partial charge on any atom is 0.299 e. The van der Waals surface area contributed by atoms with Gasteiger partial charge in [0.15, 0.2) is 0 Å². The number of ether oxygens (including phenoxy) is 1. The van der Waals surface area contributed by atoms with E-state index in [0.717, 1.165) is 95.2 Å². The number of hydrogen-bond donors (Lipinski definition) is 0. The van der Waals surface area contributed by atoms with E-state index in [1.165, 1.54) is 25.3 Å². The van der Waals surface area contributed by atoms with Gasteiger partial charge in [0.1, 0.15) is 47.2 Å². The summed E-state index contributed by atoms with van der Waals surface area (Å²) in [7, 11) is 7.14. The summed E-state index contributed by atoms with van der Waals surface area (Å²) in [4.78, 5) is 71.8. The van der Waals surface area contributed by atoms with Crippen LogP contribution in [0.5, 0.6) is 5.88 Å². The molecule has 0 N–H and O–H groups in total. The van der Waals surface area contributed by atoms with Crippen LogP contribution >= 0.6 is 11.6 Å². The molecule has 0 saturated carbocycles. The second-order valence-corrected chi connectivity index (χ2v) is 28.7. The summed E-state index contributed by atoms with van der Waals surface area (Å²) < 4.78 is 29.1. The van der Waals surface area contributed by atoms with Crippen LogP contribution in [-0.4, -0.2) is 201 Å². The summed E-state index contributed by atoms with van der Waals surface area (Å²) in [5.74, 6) is 18.1. The summed E-state index contributed by atoms with van der Waals surface area (Å²) in [6.45, 7) is 6.97. The Labute approximate surface area is 697 Å². The second-order valence-electron chi connectivity index (χ2n) is 28.3. The van der Waals surface area contributed by atoms with Crippen molar-refractivity contribution in [3.63, 3.8) is 0 Å². The quantitative estimate of drug-likeness (QED) is 0.115. The SMILES string of the molecule is COc1cc(C#CC(=O)N2CCN(c3ccc(-c4cc(-c5cnn(C)c5)cn5ncc(C#N)c45)cn3)CC2)ccn1.Cn1cc(-c2cc(-c3ccc(N4CCN(C(=O)C#Cc5cc(F)cc(Cl)c5)CC4)nc3)c3c(C#N)cnn3c2)cn1.Cn1cc(-c2cc(-c3ccc(N4CCN(C(=O)C#Cc5ccccn5)CC4)nc3)c3c(C#N)cnn3c2)cn1. The van der Waals surface area contributed by atoms with Gasteiger partial charge in [0.2, 0.25) is 5.88 Å². The predicted molar refractivity (Wildman–Crippen MR) is 449 cm³/mol. The van der Waals surface area contributed by atoms with Gasteiger partial charge in [-0.25, -0.2) is 42.9 Å². The first-order valence-electron chi connectivity index (χ1n) is 38.1. The number of amides is 3. The van der Waals surface area contributed by atoms with E-state index in [4.69, 9.17) is 31.3 Å². The lowest BCUT2D eigenvalue weighted by Gasteiger charge is -2.34. The Bertz CT molecular complexity index is 6770. The van der Waals surface area contributed by atoms with Crippen molar-refractivity contribution in [1.29, 1.82) is 15.8 Å². The van der Waals surface area contributed by atoms with E-state index in [1.807, 2.05) is 137 Å². The van der Waals surface area contributed by atoms with E-state index in [9.17, 15) is 34.6 Å². The number of nitriles is 3. The number of fused-ring (bicyclic) bond motifs is 3. The molecule has 3 saturated heterocycles. The van der Waals surface area contributed by atoms with Gasteiger partial charge in [-0.15, -0.1) is 0 Å². The van der Waals surface area contributed by atoms with Crippen LogP contribution in [0.1, 0.15) is 33.5 Å². The van der Waals surface area contributed by atoms with Gasteiger partial charge >= 0.3 is 0 Å². The zero-order valence-electron chi connectivity index (χ0n) is 65.6. The van der Waals surface area contributed by atoms with Crippen LogP contribution in [0.15, 0.2) is 208 Å². The zero-order chi connectivity index (χ0) is 83.6. The molecule has 18 rings (SSSR count). The predicted octanol–water partition coefficient (Wildman–Crippen LogP) is 9.70. The van der Waals surface area contributed by atoms with Crippen molar-refractivity contribution in [2.45, 2.75) is 0 Å². The Morgan fingerprint density at radius 1 is 0.388 bits per heavy atom. The molecule has 1 aromatic carbocycles. The number of benzene rings is 1. The van der Waals surface area contributed by atoms with Crippen molar-refractivity contribution in [3.8, 4) is 126 Å². The summed E-state index contributed by atoms with van der Waals surface area (Å²) in [6.07, 6.45) is 30.3. The molecule has 0 aliphatic carbocycles. The third-order valence-corrected chi connectivity index (χ3v) is 20.8. The lowest BCUT2D eigenvalue weighted by molar-refractivity contribution is -0.126. The number of methoxy groups -OCH3 is 1. The third-order valence-electron chi connectivity index (χ3n) is 20.6. The van der Waals surface area contributed by atoms with Gasteiger partial charge < -0.3 is 34.1 Å². The number of halogens is 2. The average Bonchev–Trinajstić information content (AvgIpc) is 1.62. The molecule has 3 fully saturated rings. The van der Waals surface area contributed by atoms with E-state index in [-0.39, 0.29) is 22.7 Å². The molecule has 0 unspecified atom stereocenters. The van der Waals surface area contributed by atoms with Crippen LogP contribution in [0, 0.1) is 75.3 Å². The Balaban J connectivity index is 0.000000135. The fourth-order valence-electron chi connectivity index (χ4n) is 14.3. The maximum absolute atomic E-state index is 13.5. The second kappa shape index (κ2) is 35.0. The summed E-state index contributed by atoms with van der Waals surface area (Å²) in [5.41, 5.74) is 16.1. The van der Waals surface area contributed by atoms with Crippen molar-refractivity contribution in [1.82, 2.24) is 97.8 Å². The molecule has 30 nitrogen and oxygen atoms in total. The number of nitrogens with zero attached hydrogens (tertiary/aromatic N) is 26. The van der Waals surface area contributed by atoms with Gasteiger partial charge in [0, 0.05) is 275 Å².